The van der Waals surface area contributed by atoms with Crippen LogP contribution in [-0.4, -0.2) is 22.1 Å². The number of para-hydroxylation sites is 1. The second-order valence-electron chi connectivity index (χ2n) is 6.19. The first-order valence-corrected chi connectivity index (χ1v) is 8.40. The smallest absolute Gasteiger partial charge is 0.261 e. The molecule has 1 unspecified atom stereocenters. The average molecular weight is 321 g/mol. The molecule has 0 bridgehead atoms. The summed E-state index contributed by atoms with van der Waals surface area (Å²) in [5, 5.41) is 4.03. The van der Waals surface area contributed by atoms with Crippen LogP contribution in [0.25, 0.3) is 22.3 Å². The summed E-state index contributed by atoms with van der Waals surface area (Å²) in [5.41, 5.74) is 2.91. The Balaban J connectivity index is 2.21. The van der Waals surface area contributed by atoms with Gasteiger partial charge in [0.25, 0.3) is 5.56 Å². The Labute approximate surface area is 142 Å². The van der Waals surface area contributed by atoms with E-state index < -0.39 is 0 Å². The molecule has 1 aromatic heterocycles. The van der Waals surface area contributed by atoms with Crippen molar-refractivity contribution in [2.75, 3.05) is 6.54 Å². The van der Waals surface area contributed by atoms with Crippen LogP contribution in [0.5, 0.6) is 0 Å². The van der Waals surface area contributed by atoms with Crippen molar-refractivity contribution in [3.8, 4) is 11.4 Å². The molecule has 0 fully saturated rings. The lowest BCUT2D eigenvalue weighted by atomic mass is 10.1. The zero-order valence-electron chi connectivity index (χ0n) is 14.4. The van der Waals surface area contributed by atoms with Crippen LogP contribution in [0.1, 0.15) is 19.4 Å². The van der Waals surface area contributed by atoms with Crippen LogP contribution in [0.2, 0.25) is 0 Å². The number of aryl methyl sites for hydroxylation is 1. The Hall–Kier alpha value is -2.46. The normalized spacial score (nSPS) is 12.5. The van der Waals surface area contributed by atoms with Gasteiger partial charge in [-0.05, 0) is 32.5 Å². The molecule has 0 aliphatic rings. The minimum absolute atomic E-state index is 0.0147. The number of rotatable bonds is 5. The molecule has 1 N–H and O–H groups in total. The van der Waals surface area contributed by atoms with E-state index in [2.05, 4.69) is 38.2 Å². The highest BCUT2D eigenvalue weighted by Gasteiger charge is 2.14. The summed E-state index contributed by atoms with van der Waals surface area (Å²) >= 11 is 0. The molecular formula is C20H23N3O. The van der Waals surface area contributed by atoms with Crippen molar-refractivity contribution in [1.82, 2.24) is 14.9 Å². The van der Waals surface area contributed by atoms with Crippen molar-refractivity contribution in [3.63, 3.8) is 0 Å². The summed E-state index contributed by atoms with van der Waals surface area (Å²) in [4.78, 5) is 17.8. The van der Waals surface area contributed by atoms with Crippen LogP contribution in [0.4, 0.5) is 0 Å². The highest BCUT2D eigenvalue weighted by molar-refractivity contribution is 5.79. The van der Waals surface area contributed by atoms with E-state index in [1.54, 1.807) is 4.57 Å². The van der Waals surface area contributed by atoms with Gasteiger partial charge >= 0.3 is 0 Å². The molecule has 24 heavy (non-hydrogen) atoms. The molecule has 0 aliphatic carbocycles. The van der Waals surface area contributed by atoms with Crippen molar-refractivity contribution >= 4 is 10.9 Å². The average Bonchev–Trinajstić information content (AvgIpc) is 2.58. The zero-order valence-corrected chi connectivity index (χ0v) is 14.4. The molecule has 3 aromatic rings. The summed E-state index contributed by atoms with van der Waals surface area (Å²) in [5.74, 6) is 0.725. The van der Waals surface area contributed by atoms with Gasteiger partial charge in [-0.15, -0.1) is 0 Å². The molecule has 1 heterocycles. The Morgan fingerprint density at radius 1 is 1.12 bits per heavy atom. The first kappa shape index (κ1) is 16.4. The van der Waals surface area contributed by atoms with E-state index in [1.807, 2.05) is 36.4 Å². The molecule has 1 atom stereocenters. The molecule has 0 radical (unpaired) electrons. The summed E-state index contributed by atoms with van der Waals surface area (Å²) < 4.78 is 1.79. The molecule has 0 spiro atoms. The Kier molecular flexibility index (Phi) is 4.76. The van der Waals surface area contributed by atoms with Gasteiger partial charge in [0.05, 0.1) is 10.9 Å². The van der Waals surface area contributed by atoms with Gasteiger partial charge in [-0.25, -0.2) is 4.98 Å². The predicted molar refractivity (Wildman–Crippen MR) is 99.3 cm³/mol. The summed E-state index contributed by atoms with van der Waals surface area (Å²) in [7, 11) is 0. The number of benzene rings is 2. The van der Waals surface area contributed by atoms with E-state index >= 15 is 0 Å². The van der Waals surface area contributed by atoms with Crippen molar-refractivity contribution in [2.24, 2.45) is 0 Å². The maximum Gasteiger partial charge on any atom is 0.261 e. The summed E-state index contributed by atoms with van der Waals surface area (Å²) in [6.07, 6.45) is 0. The van der Waals surface area contributed by atoms with Gasteiger partial charge in [0, 0.05) is 18.2 Å². The molecule has 124 valence electrons. The lowest BCUT2D eigenvalue weighted by Crippen LogP contribution is -2.35. The predicted octanol–water partition coefficient (Wildman–Crippen LogP) is 3.37. The maximum atomic E-state index is 13.0. The van der Waals surface area contributed by atoms with Crippen molar-refractivity contribution in [2.45, 2.75) is 33.4 Å². The monoisotopic (exact) mass is 321 g/mol. The second kappa shape index (κ2) is 6.97. The third-order valence-corrected chi connectivity index (χ3v) is 4.18. The summed E-state index contributed by atoms with van der Waals surface area (Å²) in [6.45, 7) is 7.67. The van der Waals surface area contributed by atoms with Crippen LogP contribution in [-0.2, 0) is 6.54 Å². The minimum Gasteiger partial charge on any atom is -0.313 e. The minimum atomic E-state index is 0.0147. The Morgan fingerprint density at radius 3 is 2.54 bits per heavy atom. The standard InChI is InChI=1S/C20H23N3O/c1-4-21-15(3)13-23-19(16-11-9-14(2)10-12-16)22-18-8-6-5-7-17(18)20(23)24/h5-12,15,21H,4,13H2,1-3H3. The quantitative estimate of drug-likeness (QED) is 0.784. The zero-order chi connectivity index (χ0) is 17.1. The van der Waals surface area contributed by atoms with Gasteiger partial charge in [-0.1, -0.05) is 48.9 Å². The number of nitrogens with zero attached hydrogens (tertiary/aromatic N) is 2. The molecule has 0 aliphatic heterocycles. The van der Waals surface area contributed by atoms with E-state index in [1.165, 1.54) is 5.56 Å². The van der Waals surface area contributed by atoms with Crippen molar-refractivity contribution < 1.29 is 0 Å². The third kappa shape index (κ3) is 3.24. The molecular weight excluding hydrogens is 298 g/mol. The number of hydrogen-bond donors (Lipinski definition) is 1. The fraction of sp³-hybridized carbons (Fsp3) is 0.300. The number of nitrogens with one attached hydrogen (secondary N) is 1. The van der Waals surface area contributed by atoms with Crippen LogP contribution < -0.4 is 10.9 Å². The van der Waals surface area contributed by atoms with Gasteiger partial charge in [0.1, 0.15) is 5.82 Å². The molecule has 2 aromatic carbocycles. The van der Waals surface area contributed by atoms with E-state index in [0.717, 1.165) is 23.4 Å². The Morgan fingerprint density at radius 2 is 1.83 bits per heavy atom. The fourth-order valence-electron chi connectivity index (χ4n) is 2.95. The summed E-state index contributed by atoms with van der Waals surface area (Å²) in [6, 6.07) is 15.9. The Bertz CT molecular complexity index is 897. The van der Waals surface area contributed by atoms with Crippen LogP contribution in [0.3, 0.4) is 0 Å². The lowest BCUT2D eigenvalue weighted by Gasteiger charge is -2.18. The molecule has 4 nitrogen and oxygen atoms in total. The van der Waals surface area contributed by atoms with Gasteiger partial charge in [-0.3, -0.25) is 9.36 Å². The first-order chi connectivity index (χ1) is 11.6. The highest BCUT2D eigenvalue weighted by Crippen LogP contribution is 2.19. The molecule has 0 saturated carbocycles. The van der Waals surface area contributed by atoms with Gasteiger partial charge in [0.15, 0.2) is 0 Å². The number of fused-ring (bicyclic) bond motifs is 1. The van der Waals surface area contributed by atoms with Crippen LogP contribution in [0.15, 0.2) is 53.3 Å². The van der Waals surface area contributed by atoms with E-state index in [0.29, 0.717) is 11.9 Å². The maximum absolute atomic E-state index is 13.0. The first-order valence-electron chi connectivity index (χ1n) is 8.40. The van der Waals surface area contributed by atoms with E-state index in [9.17, 15) is 4.79 Å². The lowest BCUT2D eigenvalue weighted by molar-refractivity contribution is 0.483. The van der Waals surface area contributed by atoms with Gasteiger partial charge in [-0.2, -0.15) is 0 Å². The SMILES string of the molecule is CCNC(C)Cn1c(-c2ccc(C)cc2)nc2ccccc2c1=O. The highest BCUT2D eigenvalue weighted by atomic mass is 16.1. The fourth-order valence-corrected chi connectivity index (χ4v) is 2.95. The van der Waals surface area contributed by atoms with Gasteiger partial charge in [0.2, 0.25) is 0 Å². The largest absolute Gasteiger partial charge is 0.313 e. The molecule has 3 rings (SSSR count). The van der Waals surface area contributed by atoms with Crippen molar-refractivity contribution in [3.05, 3.63) is 64.4 Å². The third-order valence-electron chi connectivity index (χ3n) is 4.18. The second-order valence-corrected chi connectivity index (χ2v) is 6.19. The van der Waals surface area contributed by atoms with E-state index in [4.69, 9.17) is 4.98 Å². The number of likely N-dealkylation sites (N-methyl/N-ethyl adjacent to an activating group) is 1. The van der Waals surface area contributed by atoms with Crippen LogP contribution in [0, 0.1) is 6.92 Å². The molecule has 4 heteroatoms. The van der Waals surface area contributed by atoms with E-state index in [-0.39, 0.29) is 11.6 Å². The molecule has 0 amide bonds. The van der Waals surface area contributed by atoms with Crippen LogP contribution >= 0.6 is 0 Å². The number of aromatic nitrogens is 2. The van der Waals surface area contributed by atoms with Crippen molar-refractivity contribution in [1.29, 1.82) is 0 Å². The topological polar surface area (TPSA) is 46.9 Å². The molecule has 0 saturated heterocycles. The van der Waals surface area contributed by atoms with Gasteiger partial charge < -0.3 is 5.32 Å². The number of hydrogen-bond acceptors (Lipinski definition) is 3.